The minimum Gasteiger partial charge on any atom is -0.491 e. The number of benzene rings is 1. The number of carbonyl (C=O) groups is 1. The first-order valence-corrected chi connectivity index (χ1v) is 8.60. The van der Waals surface area contributed by atoms with Crippen LogP contribution in [-0.2, 0) is 9.53 Å². The molecule has 1 atom stereocenters. The summed E-state index contributed by atoms with van der Waals surface area (Å²) < 4.78 is 11.3. The van der Waals surface area contributed by atoms with Crippen LogP contribution in [0.3, 0.4) is 0 Å². The van der Waals surface area contributed by atoms with Gasteiger partial charge in [0.15, 0.2) is 0 Å². The molecule has 24 heavy (non-hydrogen) atoms. The zero-order valence-corrected chi connectivity index (χ0v) is 14.8. The van der Waals surface area contributed by atoms with Crippen molar-refractivity contribution >= 4 is 24.0 Å². The summed E-state index contributed by atoms with van der Waals surface area (Å²) in [7, 11) is 0. The second kappa shape index (κ2) is 8.70. The molecule has 1 aliphatic carbocycles. The fraction of sp³-hybridized carbons (Fsp3) is 0.611. The van der Waals surface area contributed by atoms with E-state index in [9.17, 15) is 4.79 Å². The van der Waals surface area contributed by atoms with Gasteiger partial charge in [-0.1, -0.05) is 19.3 Å². The van der Waals surface area contributed by atoms with Crippen LogP contribution in [0.5, 0.6) is 5.75 Å². The van der Waals surface area contributed by atoms with Gasteiger partial charge in [-0.2, -0.15) is 0 Å². The number of amides is 1. The average Bonchev–Trinajstić information content (AvgIpc) is 3.08. The monoisotopic (exact) mass is 354 g/mol. The van der Waals surface area contributed by atoms with Gasteiger partial charge in [-0.15, -0.1) is 12.4 Å². The molecular weight excluding hydrogens is 328 g/mol. The molecule has 0 radical (unpaired) electrons. The number of anilines is 1. The molecule has 1 amide bonds. The molecule has 2 aliphatic rings. The van der Waals surface area contributed by atoms with Crippen molar-refractivity contribution in [2.45, 2.75) is 56.6 Å². The zero-order valence-electron chi connectivity index (χ0n) is 14.0. The van der Waals surface area contributed by atoms with E-state index >= 15 is 0 Å². The Bertz CT molecular complexity index is 524. The molecule has 1 heterocycles. The van der Waals surface area contributed by atoms with Gasteiger partial charge in [0.05, 0.1) is 11.6 Å². The number of ether oxygens (including phenoxy) is 2. The SMILES string of the molecule is Cl.NC1(C(=O)Nc2ccc(OCC3CCCO3)cc2)CCCCC1. The highest BCUT2D eigenvalue weighted by Gasteiger charge is 2.35. The quantitative estimate of drug-likeness (QED) is 0.851. The van der Waals surface area contributed by atoms with Gasteiger partial charge in [-0.3, -0.25) is 4.79 Å². The number of nitrogens with two attached hydrogens (primary N) is 1. The number of nitrogens with one attached hydrogen (secondary N) is 1. The molecule has 5 nitrogen and oxygen atoms in total. The van der Waals surface area contributed by atoms with Gasteiger partial charge in [0.25, 0.3) is 0 Å². The first kappa shape index (κ1) is 19.0. The van der Waals surface area contributed by atoms with E-state index in [1.54, 1.807) is 0 Å². The van der Waals surface area contributed by atoms with Crippen LogP contribution in [0.2, 0.25) is 0 Å². The van der Waals surface area contributed by atoms with E-state index in [1.807, 2.05) is 24.3 Å². The lowest BCUT2D eigenvalue weighted by molar-refractivity contribution is -0.122. The predicted molar refractivity (Wildman–Crippen MR) is 96.8 cm³/mol. The van der Waals surface area contributed by atoms with Crippen LogP contribution in [0.4, 0.5) is 5.69 Å². The van der Waals surface area contributed by atoms with E-state index in [0.717, 1.165) is 56.6 Å². The Hall–Kier alpha value is -1.30. The largest absolute Gasteiger partial charge is 0.491 e. The maximum atomic E-state index is 12.4. The van der Waals surface area contributed by atoms with E-state index in [2.05, 4.69) is 5.32 Å². The Morgan fingerprint density at radius 3 is 2.54 bits per heavy atom. The van der Waals surface area contributed by atoms with E-state index in [0.29, 0.717) is 6.61 Å². The van der Waals surface area contributed by atoms with Crippen LogP contribution in [-0.4, -0.2) is 30.8 Å². The van der Waals surface area contributed by atoms with Crippen LogP contribution in [0.1, 0.15) is 44.9 Å². The molecule has 3 N–H and O–H groups in total. The highest BCUT2D eigenvalue weighted by molar-refractivity contribution is 5.98. The molecule has 6 heteroatoms. The predicted octanol–water partition coefficient (Wildman–Crippen LogP) is 3.27. The zero-order chi connectivity index (χ0) is 16.1. The molecule has 134 valence electrons. The molecule has 1 aromatic rings. The molecule has 1 aromatic carbocycles. The molecule has 1 saturated carbocycles. The molecule has 3 rings (SSSR count). The summed E-state index contributed by atoms with van der Waals surface area (Å²) in [6.07, 6.45) is 7.14. The van der Waals surface area contributed by atoms with Crippen molar-refractivity contribution in [3.05, 3.63) is 24.3 Å². The Labute approximate surface area is 149 Å². The highest BCUT2D eigenvalue weighted by Crippen LogP contribution is 2.27. The van der Waals surface area contributed by atoms with Gasteiger partial charge < -0.3 is 20.5 Å². The van der Waals surface area contributed by atoms with Crippen molar-refractivity contribution in [2.75, 3.05) is 18.5 Å². The smallest absolute Gasteiger partial charge is 0.244 e. The Balaban J connectivity index is 0.00000208. The normalized spacial score (nSPS) is 22.5. The highest BCUT2D eigenvalue weighted by atomic mass is 35.5. The van der Waals surface area contributed by atoms with Crippen LogP contribution in [0.25, 0.3) is 0 Å². The summed E-state index contributed by atoms with van der Waals surface area (Å²) >= 11 is 0. The van der Waals surface area contributed by atoms with Gasteiger partial charge in [0.2, 0.25) is 5.91 Å². The minimum absolute atomic E-state index is 0. The van der Waals surface area contributed by atoms with Gasteiger partial charge in [-0.25, -0.2) is 0 Å². The fourth-order valence-corrected chi connectivity index (χ4v) is 3.26. The molecular formula is C18H27ClN2O3. The van der Waals surface area contributed by atoms with Crippen molar-refractivity contribution in [3.63, 3.8) is 0 Å². The minimum atomic E-state index is -0.715. The van der Waals surface area contributed by atoms with E-state index in [1.165, 1.54) is 6.42 Å². The molecule has 1 saturated heterocycles. The third-order valence-corrected chi connectivity index (χ3v) is 4.77. The Morgan fingerprint density at radius 2 is 1.92 bits per heavy atom. The maximum absolute atomic E-state index is 12.4. The second-order valence-electron chi connectivity index (χ2n) is 6.64. The lowest BCUT2D eigenvalue weighted by Crippen LogP contribution is -2.52. The standard InChI is InChI=1S/C18H26N2O3.ClH/c19-18(10-2-1-3-11-18)17(21)20-14-6-8-15(9-7-14)23-13-16-5-4-12-22-16;/h6-9,16H,1-5,10-13,19H2,(H,20,21);1H. The number of hydrogen-bond donors (Lipinski definition) is 2. The van der Waals surface area contributed by atoms with Crippen LogP contribution in [0, 0.1) is 0 Å². The molecule has 1 unspecified atom stereocenters. The first-order valence-electron chi connectivity index (χ1n) is 8.60. The molecule has 0 bridgehead atoms. The van der Waals surface area contributed by atoms with Crippen LogP contribution in [0.15, 0.2) is 24.3 Å². The van der Waals surface area contributed by atoms with Crippen molar-refractivity contribution in [1.82, 2.24) is 0 Å². The summed E-state index contributed by atoms with van der Waals surface area (Å²) in [5, 5.41) is 2.93. The van der Waals surface area contributed by atoms with Gasteiger partial charge in [0.1, 0.15) is 12.4 Å². The van der Waals surface area contributed by atoms with Crippen molar-refractivity contribution < 1.29 is 14.3 Å². The summed E-state index contributed by atoms with van der Waals surface area (Å²) in [6.45, 7) is 1.41. The third-order valence-electron chi connectivity index (χ3n) is 4.77. The van der Waals surface area contributed by atoms with E-state index < -0.39 is 5.54 Å². The number of halogens is 1. The topological polar surface area (TPSA) is 73.6 Å². The molecule has 2 fully saturated rings. The number of rotatable bonds is 5. The summed E-state index contributed by atoms with van der Waals surface area (Å²) in [5.41, 5.74) is 6.29. The van der Waals surface area contributed by atoms with Crippen LogP contribution >= 0.6 is 12.4 Å². The second-order valence-corrected chi connectivity index (χ2v) is 6.64. The Morgan fingerprint density at radius 1 is 1.21 bits per heavy atom. The lowest BCUT2D eigenvalue weighted by Gasteiger charge is -2.31. The summed E-state index contributed by atoms with van der Waals surface area (Å²) in [5.74, 6) is 0.712. The van der Waals surface area contributed by atoms with Crippen molar-refractivity contribution in [2.24, 2.45) is 5.73 Å². The van der Waals surface area contributed by atoms with Crippen LogP contribution < -0.4 is 15.8 Å². The van der Waals surface area contributed by atoms with Crippen molar-refractivity contribution in [3.8, 4) is 5.75 Å². The first-order chi connectivity index (χ1) is 11.2. The molecule has 0 spiro atoms. The number of hydrogen-bond acceptors (Lipinski definition) is 4. The van der Waals surface area contributed by atoms with E-state index in [-0.39, 0.29) is 24.4 Å². The number of carbonyl (C=O) groups excluding carboxylic acids is 1. The lowest BCUT2D eigenvalue weighted by atomic mass is 9.82. The molecule has 1 aliphatic heterocycles. The third kappa shape index (κ3) is 4.85. The van der Waals surface area contributed by atoms with E-state index in [4.69, 9.17) is 15.2 Å². The van der Waals surface area contributed by atoms with Gasteiger partial charge >= 0.3 is 0 Å². The van der Waals surface area contributed by atoms with Gasteiger partial charge in [-0.05, 0) is 49.9 Å². The fourth-order valence-electron chi connectivity index (χ4n) is 3.26. The summed E-state index contributed by atoms with van der Waals surface area (Å²) in [4.78, 5) is 12.4. The van der Waals surface area contributed by atoms with Crippen molar-refractivity contribution in [1.29, 1.82) is 0 Å². The molecule has 0 aromatic heterocycles. The van der Waals surface area contributed by atoms with Gasteiger partial charge in [0, 0.05) is 12.3 Å². The summed E-state index contributed by atoms with van der Waals surface area (Å²) in [6, 6.07) is 7.45. The maximum Gasteiger partial charge on any atom is 0.244 e. The average molecular weight is 355 g/mol. The Kier molecular flexibility index (Phi) is 6.90.